The molecule has 1 aromatic carbocycles. The molecule has 0 amide bonds. The number of aryl methyl sites for hydroxylation is 1. The molecule has 88 valence electrons. The molecule has 4 heteroatoms. The molecule has 0 radical (unpaired) electrons. The van der Waals surface area contributed by atoms with E-state index in [-0.39, 0.29) is 0 Å². The smallest absolute Gasteiger partial charge is 0.147 e. The normalized spacial score (nSPS) is 10.2. The molecule has 2 aromatic rings. The predicted octanol–water partition coefficient (Wildman–Crippen LogP) is 1.86. The van der Waals surface area contributed by atoms with Crippen molar-refractivity contribution in [3.8, 4) is 0 Å². The summed E-state index contributed by atoms with van der Waals surface area (Å²) < 4.78 is 0. The summed E-state index contributed by atoms with van der Waals surface area (Å²) in [6.07, 6.45) is 3.37. The Hall–Kier alpha value is -1.94. The van der Waals surface area contributed by atoms with Gasteiger partial charge in [-0.25, -0.2) is 4.98 Å². The van der Waals surface area contributed by atoms with Crippen molar-refractivity contribution in [2.75, 3.05) is 5.32 Å². The zero-order chi connectivity index (χ0) is 12.1. The number of nitrogens with two attached hydrogens (primary N) is 1. The van der Waals surface area contributed by atoms with Crippen LogP contribution in [0, 0.1) is 6.92 Å². The van der Waals surface area contributed by atoms with E-state index in [4.69, 9.17) is 5.73 Å². The number of hydrogen-bond acceptors (Lipinski definition) is 4. The van der Waals surface area contributed by atoms with Gasteiger partial charge < -0.3 is 11.1 Å². The molecule has 0 spiro atoms. The average molecular weight is 228 g/mol. The molecule has 0 atom stereocenters. The molecule has 0 saturated carbocycles. The molecule has 0 bridgehead atoms. The first-order valence-electron chi connectivity index (χ1n) is 5.59. The molecular formula is C13H16N4. The fourth-order valence-electron chi connectivity index (χ4n) is 1.69. The van der Waals surface area contributed by atoms with Crippen LogP contribution in [0.5, 0.6) is 0 Å². The SMILES string of the molecule is Cc1nccnc1NCc1ccccc1CN. The van der Waals surface area contributed by atoms with Crippen LogP contribution in [0.1, 0.15) is 16.8 Å². The Balaban J connectivity index is 2.10. The third kappa shape index (κ3) is 2.79. The lowest BCUT2D eigenvalue weighted by Gasteiger charge is -2.10. The average Bonchev–Trinajstić information content (AvgIpc) is 2.38. The maximum absolute atomic E-state index is 5.69. The van der Waals surface area contributed by atoms with E-state index in [0.717, 1.165) is 17.1 Å². The van der Waals surface area contributed by atoms with Crippen LogP contribution in [-0.4, -0.2) is 9.97 Å². The summed E-state index contributed by atoms with van der Waals surface area (Å²) in [5.41, 5.74) is 8.94. The molecular weight excluding hydrogens is 212 g/mol. The Morgan fingerprint density at radius 3 is 2.53 bits per heavy atom. The maximum atomic E-state index is 5.69. The van der Waals surface area contributed by atoms with E-state index in [0.29, 0.717) is 13.1 Å². The van der Waals surface area contributed by atoms with Gasteiger partial charge in [0.2, 0.25) is 0 Å². The third-order valence-corrected chi connectivity index (χ3v) is 2.67. The molecule has 0 aliphatic carbocycles. The van der Waals surface area contributed by atoms with Crippen LogP contribution < -0.4 is 11.1 Å². The minimum Gasteiger partial charge on any atom is -0.364 e. The second-order valence-corrected chi connectivity index (χ2v) is 3.82. The number of nitrogens with one attached hydrogen (secondary N) is 1. The van der Waals surface area contributed by atoms with Gasteiger partial charge in [0.25, 0.3) is 0 Å². The molecule has 1 aromatic heterocycles. The van der Waals surface area contributed by atoms with Gasteiger partial charge in [0.05, 0.1) is 5.69 Å². The van der Waals surface area contributed by atoms with Crippen molar-refractivity contribution < 1.29 is 0 Å². The van der Waals surface area contributed by atoms with Crippen LogP contribution in [0.15, 0.2) is 36.7 Å². The van der Waals surface area contributed by atoms with Gasteiger partial charge in [0.15, 0.2) is 0 Å². The van der Waals surface area contributed by atoms with Gasteiger partial charge in [-0.3, -0.25) is 4.98 Å². The molecule has 0 fully saturated rings. The summed E-state index contributed by atoms with van der Waals surface area (Å²) in [7, 11) is 0. The highest BCUT2D eigenvalue weighted by molar-refractivity contribution is 5.40. The monoisotopic (exact) mass is 228 g/mol. The minimum atomic E-state index is 0.553. The van der Waals surface area contributed by atoms with Crippen molar-refractivity contribution in [3.05, 3.63) is 53.5 Å². The van der Waals surface area contributed by atoms with E-state index in [9.17, 15) is 0 Å². The Bertz CT molecular complexity index is 496. The topological polar surface area (TPSA) is 63.8 Å². The van der Waals surface area contributed by atoms with Crippen LogP contribution >= 0.6 is 0 Å². The number of benzene rings is 1. The van der Waals surface area contributed by atoms with Gasteiger partial charge in [-0.2, -0.15) is 0 Å². The predicted molar refractivity (Wildman–Crippen MR) is 68.4 cm³/mol. The van der Waals surface area contributed by atoms with Crippen molar-refractivity contribution in [2.45, 2.75) is 20.0 Å². The van der Waals surface area contributed by atoms with Crippen LogP contribution in [-0.2, 0) is 13.1 Å². The lowest BCUT2D eigenvalue weighted by molar-refractivity contribution is 0.991. The van der Waals surface area contributed by atoms with E-state index < -0.39 is 0 Å². The molecule has 1 heterocycles. The van der Waals surface area contributed by atoms with Gasteiger partial charge in [0.1, 0.15) is 5.82 Å². The molecule has 2 rings (SSSR count). The Kier molecular flexibility index (Phi) is 3.67. The van der Waals surface area contributed by atoms with Crippen molar-refractivity contribution in [2.24, 2.45) is 5.73 Å². The van der Waals surface area contributed by atoms with Crippen LogP contribution in [0.25, 0.3) is 0 Å². The fourth-order valence-corrected chi connectivity index (χ4v) is 1.69. The first-order chi connectivity index (χ1) is 8.31. The van der Waals surface area contributed by atoms with Gasteiger partial charge in [-0.1, -0.05) is 24.3 Å². The van der Waals surface area contributed by atoms with E-state index in [2.05, 4.69) is 21.4 Å². The maximum Gasteiger partial charge on any atom is 0.147 e. The summed E-state index contributed by atoms with van der Waals surface area (Å²) >= 11 is 0. The largest absolute Gasteiger partial charge is 0.364 e. The fraction of sp³-hybridized carbons (Fsp3) is 0.231. The number of anilines is 1. The first-order valence-corrected chi connectivity index (χ1v) is 5.59. The van der Waals surface area contributed by atoms with Crippen molar-refractivity contribution >= 4 is 5.82 Å². The molecule has 4 nitrogen and oxygen atoms in total. The van der Waals surface area contributed by atoms with Gasteiger partial charge >= 0.3 is 0 Å². The van der Waals surface area contributed by atoms with Crippen molar-refractivity contribution in [1.82, 2.24) is 9.97 Å². The summed E-state index contributed by atoms with van der Waals surface area (Å²) in [6, 6.07) is 8.13. The number of rotatable bonds is 4. The molecule has 0 aliphatic heterocycles. The Labute approximate surface area is 101 Å². The van der Waals surface area contributed by atoms with Crippen LogP contribution in [0.2, 0.25) is 0 Å². The second kappa shape index (κ2) is 5.41. The number of hydrogen-bond donors (Lipinski definition) is 2. The zero-order valence-corrected chi connectivity index (χ0v) is 9.85. The number of nitrogens with zero attached hydrogens (tertiary/aromatic N) is 2. The summed E-state index contributed by atoms with van der Waals surface area (Å²) in [5.74, 6) is 0.819. The van der Waals surface area contributed by atoms with Crippen LogP contribution in [0.4, 0.5) is 5.82 Å². The van der Waals surface area contributed by atoms with Gasteiger partial charge in [-0.05, 0) is 18.1 Å². The first kappa shape index (κ1) is 11.5. The van der Waals surface area contributed by atoms with Gasteiger partial charge in [-0.15, -0.1) is 0 Å². The summed E-state index contributed by atoms with van der Waals surface area (Å²) in [6.45, 7) is 3.20. The van der Waals surface area contributed by atoms with E-state index in [1.165, 1.54) is 5.56 Å². The highest BCUT2D eigenvalue weighted by Gasteiger charge is 2.02. The highest BCUT2D eigenvalue weighted by atomic mass is 15.0. The quantitative estimate of drug-likeness (QED) is 0.838. The number of aromatic nitrogens is 2. The molecule has 3 N–H and O–H groups in total. The highest BCUT2D eigenvalue weighted by Crippen LogP contribution is 2.12. The molecule has 17 heavy (non-hydrogen) atoms. The van der Waals surface area contributed by atoms with Crippen molar-refractivity contribution in [1.29, 1.82) is 0 Å². The van der Waals surface area contributed by atoms with E-state index in [1.54, 1.807) is 12.4 Å². The molecule has 0 saturated heterocycles. The van der Waals surface area contributed by atoms with Gasteiger partial charge in [0, 0.05) is 25.5 Å². The molecule has 0 aliphatic rings. The second-order valence-electron chi connectivity index (χ2n) is 3.82. The Morgan fingerprint density at radius 2 is 1.82 bits per heavy atom. The minimum absolute atomic E-state index is 0.553. The summed E-state index contributed by atoms with van der Waals surface area (Å²) in [5, 5.41) is 3.27. The van der Waals surface area contributed by atoms with Crippen molar-refractivity contribution in [3.63, 3.8) is 0 Å². The van der Waals surface area contributed by atoms with E-state index in [1.807, 2.05) is 25.1 Å². The lowest BCUT2D eigenvalue weighted by Crippen LogP contribution is -2.08. The standard InChI is InChI=1S/C13H16N4/c1-10-13(16-7-6-15-10)17-9-12-5-3-2-4-11(12)8-14/h2-7H,8-9,14H2,1H3,(H,16,17). The molecule has 0 unspecified atom stereocenters. The zero-order valence-electron chi connectivity index (χ0n) is 9.85. The lowest BCUT2D eigenvalue weighted by atomic mass is 10.1. The van der Waals surface area contributed by atoms with Crippen LogP contribution in [0.3, 0.4) is 0 Å². The summed E-state index contributed by atoms with van der Waals surface area (Å²) in [4.78, 5) is 8.43. The van der Waals surface area contributed by atoms with E-state index >= 15 is 0 Å². The Morgan fingerprint density at radius 1 is 1.12 bits per heavy atom. The third-order valence-electron chi connectivity index (χ3n) is 2.67.